The van der Waals surface area contributed by atoms with Gasteiger partial charge in [-0.2, -0.15) is 0 Å². The van der Waals surface area contributed by atoms with Crippen molar-refractivity contribution in [2.45, 2.75) is 0 Å². The van der Waals surface area contributed by atoms with Crippen LogP contribution in [0.25, 0.3) is 0 Å². The van der Waals surface area contributed by atoms with E-state index in [2.05, 4.69) is 15.0 Å². The molecule has 58 valence electrons. The van der Waals surface area contributed by atoms with Gasteiger partial charge in [-0.1, -0.05) is 5.21 Å². The van der Waals surface area contributed by atoms with E-state index in [4.69, 9.17) is 0 Å². The van der Waals surface area contributed by atoms with E-state index >= 15 is 0 Å². The number of rotatable bonds is 1. The van der Waals surface area contributed by atoms with E-state index in [1.807, 2.05) is 5.10 Å². The minimum Gasteiger partial charge on any atom is -0.464 e. The molecule has 0 aliphatic carbocycles. The van der Waals surface area contributed by atoms with Crippen LogP contribution in [0.15, 0.2) is 10.9 Å². The highest BCUT2D eigenvalue weighted by Gasteiger charge is 2.06. The molecule has 1 rings (SSSR count). The average molecular weight is 155 g/mol. The van der Waals surface area contributed by atoms with Crippen LogP contribution in [0.2, 0.25) is 0 Å². The third kappa shape index (κ3) is 1.60. The van der Waals surface area contributed by atoms with E-state index in [1.54, 1.807) is 0 Å². The quantitative estimate of drug-likeness (QED) is 0.523. The summed E-state index contributed by atoms with van der Waals surface area (Å²) in [6.45, 7) is 0. The fraction of sp³-hybridized carbons (Fsp3) is 0.200. The van der Waals surface area contributed by atoms with Gasteiger partial charge in [0.2, 0.25) is 0 Å². The zero-order chi connectivity index (χ0) is 8.27. The van der Waals surface area contributed by atoms with Crippen molar-refractivity contribution < 1.29 is 9.53 Å². The molecule has 1 aromatic rings. The molecule has 0 radical (unpaired) electrons. The smallest absolute Gasteiger partial charge is 0.358 e. The molecule has 0 spiro atoms. The van der Waals surface area contributed by atoms with Crippen LogP contribution in [0.1, 0.15) is 10.5 Å². The van der Waals surface area contributed by atoms with Gasteiger partial charge in [-0.05, 0) is 0 Å². The standard InChI is InChI=1S/C5H5N3O3/c1-11-5(10)3-2-4(9)7-8-6-3/h2H,1H3,(H,6,7,9). The minimum atomic E-state index is -0.677. The number of nitrogens with zero attached hydrogens (tertiary/aromatic N) is 2. The number of methoxy groups -OCH3 is 1. The SMILES string of the molecule is COC(=O)c1cc(=O)[nH]nn1. The Balaban J connectivity index is 3.05. The third-order valence-electron chi connectivity index (χ3n) is 0.980. The van der Waals surface area contributed by atoms with Gasteiger partial charge in [-0.3, -0.25) is 4.79 Å². The Morgan fingerprint density at radius 2 is 2.45 bits per heavy atom. The molecule has 0 amide bonds. The molecule has 1 N–H and O–H groups in total. The van der Waals surface area contributed by atoms with Crippen LogP contribution in [0, 0.1) is 0 Å². The van der Waals surface area contributed by atoms with E-state index in [0.29, 0.717) is 0 Å². The first-order chi connectivity index (χ1) is 5.24. The van der Waals surface area contributed by atoms with Gasteiger partial charge in [0, 0.05) is 6.07 Å². The molecule has 6 nitrogen and oxygen atoms in total. The number of H-pyrrole nitrogens is 1. The molecule has 0 unspecified atom stereocenters. The van der Waals surface area contributed by atoms with Crippen LogP contribution in [-0.4, -0.2) is 28.5 Å². The number of carbonyl (C=O) groups excluding carboxylic acids is 1. The van der Waals surface area contributed by atoms with Gasteiger partial charge in [0.15, 0.2) is 5.69 Å². The number of aromatic amines is 1. The summed E-state index contributed by atoms with van der Waals surface area (Å²) >= 11 is 0. The third-order valence-corrected chi connectivity index (χ3v) is 0.980. The van der Waals surface area contributed by atoms with Crippen LogP contribution in [0.5, 0.6) is 0 Å². The first kappa shape index (κ1) is 7.39. The van der Waals surface area contributed by atoms with Crippen molar-refractivity contribution in [2.75, 3.05) is 7.11 Å². The van der Waals surface area contributed by atoms with Gasteiger partial charge in [0.05, 0.1) is 7.11 Å². The zero-order valence-corrected chi connectivity index (χ0v) is 5.70. The molecule has 0 saturated carbocycles. The molecule has 0 bridgehead atoms. The summed E-state index contributed by atoms with van der Waals surface area (Å²) < 4.78 is 4.30. The maximum absolute atomic E-state index is 10.7. The Morgan fingerprint density at radius 1 is 1.73 bits per heavy atom. The maximum Gasteiger partial charge on any atom is 0.358 e. The molecule has 11 heavy (non-hydrogen) atoms. The van der Waals surface area contributed by atoms with Crippen LogP contribution < -0.4 is 5.56 Å². The fourth-order valence-corrected chi connectivity index (χ4v) is 0.518. The topological polar surface area (TPSA) is 84.9 Å². The Hall–Kier alpha value is -1.72. The first-order valence-electron chi connectivity index (χ1n) is 2.75. The Bertz CT molecular complexity index is 319. The highest BCUT2D eigenvalue weighted by molar-refractivity contribution is 5.86. The molecule has 0 aliphatic rings. The lowest BCUT2D eigenvalue weighted by Gasteiger charge is -1.93. The second-order valence-electron chi connectivity index (χ2n) is 1.70. The monoisotopic (exact) mass is 155 g/mol. The summed E-state index contributed by atoms with van der Waals surface area (Å²) in [6.07, 6.45) is 0. The van der Waals surface area contributed by atoms with Crippen molar-refractivity contribution in [2.24, 2.45) is 0 Å². The van der Waals surface area contributed by atoms with E-state index in [9.17, 15) is 9.59 Å². The highest BCUT2D eigenvalue weighted by Crippen LogP contribution is 1.87. The molecule has 0 aromatic carbocycles. The summed E-state index contributed by atoms with van der Waals surface area (Å²) in [4.78, 5) is 21.2. The summed E-state index contributed by atoms with van der Waals surface area (Å²) in [6, 6.07) is 1.01. The number of hydrogen-bond donors (Lipinski definition) is 1. The largest absolute Gasteiger partial charge is 0.464 e. The highest BCUT2D eigenvalue weighted by atomic mass is 16.5. The molecule has 1 heterocycles. The van der Waals surface area contributed by atoms with Crippen LogP contribution in [0.4, 0.5) is 0 Å². The second-order valence-corrected chi connectivity index (χ2v) is 1.70. The summed E-state index contributed by atoms with van der Waals surface area (Å²) in [7, 11) is 1.20. The van der Waals surface area contributed by atoms with E-state index in [-0.39, 0.29) is 5.69 Å². The first-order valence-corrected chi connectivity index (χ1v) is 2.75. The van der Waals surface area contributed by atoms with Crippen LogP contribution in [-0.2, 0) is 4.74 Å². The maximum atomic E-state index is 10.7. The lowest BCUT2D eigenvalue weighted by Crippen LogP contribution is -2.14. The number of esters is 1. The second kappa shape index (κ2) is 2.91. The lowest BCUT2D eigenvalue weighted by molar-refractivity contribution is 0.0592. The van der Waals surface area contributed by atoms with Crippen molar-refractivity contribution in [3.63, 3.8) is 0 Å². The Kier molecular flexibility index (Phi) is 1.95. The van der Waals surface area contributed by atoms with Gasteiger partial charge in [0.25, 0.3) is 5.56 Å². The predicted molar refractivity (Wildman–Crippen MR) is 34.0 cm³/mol. The van der Waals surface area contributed by atoms with Crippen LogP contribution in [0.3, 0.4) is 0 Å². The van der Waals surface area contributed by atoms with E-state index < -0.39 is 11.5 Å². The van der Waals surface area contributed by atoms with E-state index in [1.165, 1.54) is 7.11 Å². The van der Waals surface area contributed by atoms with Gasteiger partial charge in [-0.25, -0.2) is 9.89 Å². The van der Waals surface area contributed by atoms with Crippen molar-refractivity contribution in [3.05, 3.63) is 22.1 Å². The Morgan fingerprint density at radius 3 is 3.00 bits per heavy atom. The van der Waals surface area contributed by atoms with Crippen molar-refractivity contribution in [3.8, 4) is 0 Å². The number of aromatic nitrogens is 3. The summed E-state index contributed by atoms with van der Waals surface area (Å²) in [5.74, 6) is -0.677. The van der Waals surface area contributed by atoms with Gasteiger partial charge in [0.1, 0.15) is 0 Å². The van der Waals surface area contributed by atoms with Gasteiger partial charge in [-0.15, -0.1) is 5.10 Å². The normalized spacial score (nSPS) is 9.18. The van der Waals surface area contributed by atoms with Crippen molar-refractivity contribution in [1.29, 1.82) is 0 Å². The minimum absolute atomic E-state index is 0.101. The molecule has 0 saturated heterocycles. The van der Waals surface area contributed by atoms with Crippen molar-refractivity contribution >= 4 is 5.97 Å². The number of carbonyl (C=O) groups is 1. The molecule has 0 atom stereocenters. The molecule has 0 aliphatic heterocycles. The van der Waals surface area contributed by atoms with E-state index in [0.717, 1.165) is 6.07 Å². The molecule has 6 heteroatoms. The number of hydrogen-bond acceptors (Lipinski definition) is 5. The lowest BCUT2D eigenvalue weighted by atomic mass is 10.4. The van der Waals surface area contributed by atoms with Crippen LogP contribution >= 0.6 is 0 Å². The number of ether oxygens (including phenoxy) is 1. The van der Waals surface area contributed by atoms with Crippen molar-refractivity contribution in [1.82, 2.24) is 15.4 Å². The summed E-state index contributed by atoms with van der Waals surface area (Å²) in [5, 5.41) is 8.52. The van der Waals surface area contributed by atoms with Gasteiger partial charge < -0.3 is 4.74 Å². The Labute approximate surface area is 61.2 Å². The number of nitrogens with one attached hydrogen (secondary N) is 1. The van der Waals surface area contributed by atoms with Gasteiger partial charge >= 0.3 is 5.97 Å². The molecular formula is C5H5N3O3. The average Bonchev–Trinajstić information content (AvgIpc) is 2.03. The molecular weight excluding hydrogens is 150 g/mol. The predicted octanol–water partition coefficient (Wildman–Crippen LogP) is -1.05. The fourth-order valence-electron chi connectivity index (χ4n) is 0.518. The zero-order valence-electron chi connectivity index (χ0n) is 5.70. The molecule has 0 fully saturated rings. The molecule has 1 aromatic heterocycles. The summed E-state index contributed by atoms with van der Waals surface area (Å²) in [5.41, 5.74) is -0.586.